The molecule has 0 saturated carbocycles. The van der Waals surface area contributed by atoms with Gasteiger partial charge in [-0.25, -0.2) is 4.31 Å². The quantitative estimate of drug-likeness (QED) is 0.451. The van der Waals surface area contributed by atoms with Crippen LogP contribution in [0.2, 0.25) is 0 Å². The van der Waals surface area contributed by atoms with Crippen LogP contribution in [0.15, 0.2) is 60.7 Å². The van der Waals surface area contributed by atoms with E-state index in [0.717, 1.165) is 32.8 Å². The van der Waals surface area contributed by atoms with Gasteiger partial charge in [-0.1, -0.05) is 79.5 Å². The Morgan fingerprint density at radius 2 is 1.61 bits per heavy atom. The maximum atomic E-state index is 6.09. The minimum absolute atomic E-state index is 0.452. The van der Waals surface area contributed by atoms with Crippen molar-refractivity contribution >= 4 is 11.9 Å². The molecular formula is C24H32N2OS. The molecule has 0 amide bonds. The largest absolute Gasteiger partial charge is 0.375 e. The van der Waals surface area contributed by atoms with E-state index in [1.807, 2.05) is 11.9 Å². The monoisotopic (exact) mass is 396 g/mol. The van der Waals surface area contributed by atoms with Crippen molar-refractivity contribution in [2.75, 3.05) is 32.0 Å². The fourth-order valence-electron chi connectivity index (χ4n) is 3.29. The van der Waals surface area contributed by atoms with Crippen molar-refractivity contribution in [1.29, 1.82) is 0 Å². The van der Waals surface area contributed by atoms with Gasteiger partial charge in [0.05, 0.1) is 19.3 Å². The van der Waals surface area contributed by atoms with Crippen LogP contribution in [0.5, 0.6) is 0 Å². The van der Waals surface area contributed by atoms with E-state index in [1.54, 1.807) is 0 Å². The smallest absolute Gasteiger partial charge is 0.0717 e. The predicted molar refractivity (Wildman–Crippen MR) is 121 cm³/mol. The van der Waals surface area contributed by atoms with E-state index < -0.39 is 0 Å². The first kappa shape index (κ1) is 22.5. The molecule has 28 heavy (non-hydrogen) atoms. The molecule has 0 unspecified atom stereocenters. The van der Waals surface area contributed by atoms with Crippen molar-refractivity contribution < 1.29 is 4.74 Å². The number of benzene rings is 2. The first-order chi connectivity index (χ1) is 13.8. The van der Waals surface area contributed by atoms with Gasteiger partial charge in [-0.05, 0) is 17.5 Å². The van der Waals surface area contributed by atoms with E-state index in [-0.39, 0.29) is 0 Å². The van der Waals surface area contributed by atoms with Crippen LogP contribution in [-0.4, -0.2) is 47.2 Å². The van der Waals surface area contributed by atoms with E-state index in [9.17, 15) is 0 Å². The maximum Gasteiger partial charge on any atom is 0.0717 e. The van der Waals surface area contributed by atoms with Crippen LogP contribution in [0.3, 0.4) is 0 Å². The fraction of sp³-hybridized carbons (Fsp3) is 0.417. The van der Waals surface area contributed by atoms with Crippen LogP contribution in [0.25, 0.3) is 0 Å². The Balaban J connectivity index is 0.00000136. The molecule has 4 heteroatoms. The van der Waals surface area contributed by atoms with Crippen molar-refractivity contribution in [3.8, 4) is 12.8 Å². The van der Waals surface area contributed by atoms with Crippen LogP contribution < -0.4 is 0 Å². The lowest BCUT2D eigenvalue weighted by Crippen LogP contribution is -2.51. The molecule has 0 aromatic heterocycles. The summed E-state index contributed by atoms with van der Waals surface area (Å²) in [6.45, 7) is 8.07. The van der Waals surface area contributed by atoms with Gasteiger partial charge in [-0.2, -0.15) is 0 Å². The Bertz CT molecular complexity index is 662. The molecule has 3 rings (SSSR count). The van der Waals surface area contributed by atoms with Crippen molar-refractivity contribution in [2.45, 2.75) is 32.5 Å². The van der Waals surface area contributed by atoms with Crippen LogP contribution in [0, 0.1) is 12.8 Å². The average molecular weight is 397 g/mol. The third kappa shape index (κ3) is 7.69. The summed E-state index contributed by atoms with van der Waals surface area (Å²) in [4.78, 5) is 2.56. The van der Waals surface area contributed by atoms with Gasteiger partial charge in [0.1, 0.15) is 0 Å². The number of ether oxygens (including phenoxy) is 1. The average Bonchev–Trinajstić information content (AvgIpc) is 2.76. The second-order valence-corrected chi connectivity index (χ2v) is 7.98. The zero-order chi connectivity index (χ0) is 20.0. The molecule has 3 nitrogen and oxygen atoms in total. The Morgan fingerprint density at radius 1 is 0.964 bits per heavy atom. The van der Waals surface area contributed by atoms with E-state index >= 15 is 0 Å². The van der Waals surface area contributed by atoms with Crippen molar-refractivity contribution in [3.05, 3.63) is 71.8 Å². The van der Waals surface area contributed by atoms with Gasteiger partial charge in [-0.15, -0.1) is 12.8 Å². The summed E-state index contributed by atoms with van der Waals surface area (Å²) in [6, 6.07) is 21.7. The summed E-state index contributed by atoms with van der Waals surface area (Å²) < 4.78 is 8.64. The van der Waals surface area contributed by atoms with Crippen LogP contribution in [0.4, 0.5) is 0 Å². The second-order valence-electron chi connectivity index (χ2n) is 6.85. The number of nitrogens with zero attached hydrogens (tertiary/aromatic N) is 2. The summed E-state index contributed by atoms with van der Waals surface area (Å²) in [7, 11) is 0. The molecule has 0 N–H and O–H groups in total. The molecule has 0 bridgehead atoms. The molecular weight excluding hydrogens is 364 g/mol. The number of rotatable bonds is 9. The highest BCUT2D eigenvalue weighted by Gasteiger charge is 2.27. The summed E-state index contributed by atoms with van der Waals surface area (Å²) in [5.74, 6) is 1.19. The first-order valence-electron chi connectivity index (χ1n) is 9.96. The highest BCUT2D eigenvalue weighted by atomic mass is 32.2. The molecule has 1 aliphatic heterocycles. The Morgan fingerprint density at radius 3 is 2.25 bits per heavy atom. The third-order valence-electron chi connectivity index (χ3n) is 4.64. The Labute approximate surface area is 175 Å². The highest BCUT2D eigenvalue weighted by Crippen LogP contribution is 2.22. The summed E-state index contributed by atoms with van der Waals surface area (Å²) >= 11 is 1.99. The third-order valence-corrected chi connectivity index (χ3v) is 6.05. The van der Waals surface area contributed by atoms with E-state index in [2.05, 4.69) is 89.6 Å². The molecule has 1 atom stereocenters. The van der Waals surface area contributed by atoms with Crippen LogP contribution >= 0.6 is 11.9 Å². The molecule has 2 aromatic carbocycles. The van der Waals surface area contributed by atoms with E-state index in [1.165, 1.54) is 23.3 Å². The van der Waals surface area contributed by atoms with Crippen molar-refractivity contribution in [2.24, 2.45) is 0 Å². The molecule has 0 aliphatic carbocycles. The SMILES string of the molecule is C#C.CCCSN1CCN(Cc2ccccc2)C[C@@H]1COCc1ccccc1. The number of hydrogen-bond acceptors (Lipinski definition) is 4. The van der Waals surface area contributed by atoms with Crippen LogP contribution in [0.1, 0.15) is 24.5 Å². The van der Waals surface area contributed by atoms with Crippen molar-refractivity contribution in [1.82, 2.24) is 9.21 Å². The lowest BCUT2D eigenvalue weighted by Gasteiger charge is -2.40. The van der Waals surface area contributed by atoms with Gasteiger partial charge >= 0.3 is 0 Å². The minimum atomic E-state index is 0.452. The molecule has 1 saturated heterocycles. The first-order valence-corrected chi connectivity index (χ1v) is 10.9. The minimum Gasteiger partial charge on any atom is -0.375 e. The lowest BCUT2D eigenvalue weighted by atomic mass is 10.1. The molecule has 1 heterocycles. The van der Waals surface area contributed by atoms with Crippen LogP contribution in [-0.2, 0) is 17.9 Å². The lowest BCUT2D eigenvalue weighted by molar-refractivity contribution is 0.0405. The highest BCUT2D eigenvalue weighted by molar-refractivity contribution is 7.97. The molecule has 0 spiro atoms. The van der Waals surface area contributed by atoms with Crippen molar-refractivity contribution in [3.63, 3.8) is 0 Å². The molecule has 150 valence electrons. The summed E-state index contributed by atoms with van der Waals surface area (Å²) in [5, 5.41) is 0. The van der Waals surface area contributed by atoms with E-state index in [0.29, 0.717) is 12.6 Å². The maximum absolute atomic E-state index is 6.09. The van der Waals surface area contributed by atoms with Gasteiger partial charge < -0.3 is 4.74 Å². The van der Waals surface area contributed by atoms with Gasteiger partial charge in [0.2, 0.25) is 0 Å². The van der Waals surface area contributed by atoms with Gasteiger partial charge in [0.25, 0.3) is 0 Å². The molecule has 1 aliphatic rings. The molecule has 0 radical (unpaired) electrons. The number of hydrogen-bond donors (Lipinski definition) is 0. The number of terminal acetylenes is 1. The van der Waals surface area contributed by atoms with Gasteiger partial charge in [0, 0.05) is 31.9 Å². The van der Waals surface area contributed by atoms with E-state index in [4.69, 9.17) is 4.74 Å². The standard InChI is InChI=1S/C22H30N2OS.C2H2/c1-2-15-26-24-14-13-23(16-20-9-5-3-6-10-20)17-22(24)19-25-18-21-11-7-4-8-12-21;1-2/h3-12,22H,2,13-19H2,1H3;1-2H/t22-;/m1./s1. The summed E-state index contributed by atoms with van der Waals surface area (Å²) in [5.41, 5.74) is 2.64. The molecule has 2 aromatic rings. The fourth-order valence-corrected chi connectivity index (χ4v) is 4.26. The normalized spacial score (nSPS) is 17.6. The Hall–Kier alpha value is -1.77. The van der Waals surface area contributed by atoms with Gasteiger partial charge in [-0.3, -0.25) is 4.90 Å². The summed E-state index contributed by atoms with van der Waals surface area (Å²) in [6.07, 6.45) is 9.21. The topological polar surface area (TPSA) is 15.7 Å². The second kappa shape index (κ2) is 13.4. The zero-order valence-corrected chi connectivity index (χ0v) is 17.7. The zero-order valence-electron chi connectivity index (χ0n) is 16.9. The molecule has 1 fully saturated rings. The predicted octanol–water partition coefficient (Wildman–Crippen LogP) is 4.70. The number of piperazine rings is 1. The van der Waals surface area contributed by atoms with Gasteiger partial charge in [0.15, 0.2) is 0 Å². The Kier molecular flexibility index (Phi) is 10.8.